The molecule has 2 amide bonds. The van der Waals surface area contributed by atoms with Crippen molar-refractivity contribution in [2.45, 2.75) is 26.8 Å². The lowest BCUT2D eigenvalue weighted by atomic mass is 10.0. The molecule has 2 atom stereocenters. The second kappa shape index (κ2) is 8.77. The van der Waals surface area contributed by atoms with Gasteiger partial charge >= 0.3 is 5.97 Å². The molecular weight excluding hydrogens is 300 g/mol. The van der Waals surface area contributed by atoms with Crippen molar-refractivity contribution in [3.63, 3.8) is 0 Å². The van der Waals surface area contributed by atoms with E-state index in [4.69, 9.17) is 9.84 Å². The topological polar surface area (TPSA) is 105 Å². The Labute approximate surface area is 135 Å². The number of carboxylic acid groups (broad SMARTS) is 1. The Morgan fingerprint density at radius 1 is 1.17 bits per heavy atom. The first-order chi connectivity index (χ1) is 10.8. The Kier molecular flexibility index (Phi) is 7.05. The molecule has 0 heterocycles. The first-order valence-electron chi connectivity index (χ1n) is 7.38. The van der Waals surface area contributed by atoms with E-state index >= 15 is 0 Å². The number of hydrogen-bond donors (Lipinski definition) is 3. The van der Waals surface area contributed by atoms with E-state index in [1.807, 2.05) is 6.92 Å². The maximum atomic E-state index is 11.9. The van der Waals surface area contributed by atoms with Gasteiger partial charge in [0.05, 0.1) is 19.1 Å². The van der Waals surface area contributed by atoms with Crippen molar-refractivity contribution in [1.82, 2.24) is 10.6 Å². The van der Waals surface area contributed by atoms with Crippen molar-refractivity contribution in [3.8, 4) is 5.75 Å². The summed E-state index contributed by atoms with van der Waals surface area (Å²) in [5.74, 6) is -1.86. The minimum atomic E-state index is -0.990. The third-order valence-corrected chi connectivity index (χ3v) is 3.37. The molecule has 0 fully saturated rings. The average molecular weight is 322 g/mol. The summed E-state index contributed by atoms with van der Waals surface area (Å²) in [6.45, 7) is 5.30. The number of hydrogen-bond acceptors (Lipinski definition) is 4. The molecular formula is C16H22N2O5. The molecule has 0 aliphatic carbocycles. The Hall–Kier alpha value is -2.57. The van der Waals surface area contributed by atoms with Gasteiger partial charge in [-0.25, -0.2) is 0 Å². The van der Waals surface area contributed by atoms with Gasteiger partial charge in [-0.2, -0.15) is 0 Å². The van der Waals surface area contributed by atoms with E-state index in [1.165, 1.54) is 6.92 Å². The van der Waals surface area contributed by atoms with Gasteiger partial charge in [0, 0.05) is 11.6 Å². The van der Waals surface area contributed by atoms with Gasteiger partial charge in [-0.1, -0.05) is 0 Å². The minimum absolute atomic E-state index is 0.220. The lowest BCUT2D eigenvalue weighted by Crippen LogP contribution is -2.44. The molecule has 0 radical (unpaired) electrons. The number of amides is 2. The molecule has 3 N–H and O–H groups in total. The van der Waals surface area contributed by atoms with Gasteiger partial charge in [0.15, 0.2) is 0 Å². The third-order valence-electron chi connectivity index (χ3n) is 3.37. The molecule has 23 heavy (non-hydrogen) atoms. The number of nitrogens with one attached hydrogen (secondary N) is 2. The summed E-state index contributed by atoms with van der Waals surface area (Å²) in [6, 6.07) is 6.03. The lowest BCUT2D eigenvalue weighted by Gasteiger charge is -2.17. The van der Waals surface area contributed by atoms with E-state index in [1.54, 1.807) is 31.2 Å². The van der Waals surface area contributed by atoms with Gasteiger partial charge in [-0.05, 0) is 45.0 Å². The van der Waals surface area contributed by atoms with Gasteiger partial charge in [-0.3, -0.25) is 14.4 Å². The SMILES string of the molecule is CCOc1ccc(C(=O)NCC(=O)NC(C)C(C)C(=O)O)cc1. The molecule has 7 nitrogen and oxygen atoms in total. The van der Waals surface area contributed by atoms with E-state index in [0.29, 0.717) is 17.9 Å². The smallest absolute Gasteiger partial charge is 0.308 e. The standard InChI is InChI=1S/C16H22N2O5/c1-4-23-13-7-5-12(6-8-13)15(20)17-9-14(19)18-11(3)10(2)16(21)22/h5-8,10-11H,4,9H2,1-3H3,(H,17,20)(H,18,19)(H,21,22). The fourth-order valence-corrected chi connectivity index (χ4v) is 1.78. The Morgan fingerprint density at radius 2 is 1.78 bits per heavy atom. The van der Waals surface area contributed by atoms with Crippen LogP contribution in [0.2, 0.25) is 0 Å². The fraction of sp³-hybridized carbons (Fsp3) is 0.438. The highest BCUT2D eigenvalue weighted by Gasteiger charge is 2.21. The van der Waals surface area contributed by atoms with Crippen molar-refractivity contribution in [2.24, 2.45) is 5.92 Å². The van der Waals surface area contributed by atoms with Gasteiger partial charge in [0.2, 0.25) is 5.91 Å². The number of rotatable bonds is 8. The molecule has 1 aromatic rings. The summed E-state index contributed by atoms with van der Waals surface area (Å²) >= 11 is 0. The molecule has 0 spiro atoms. The van der Waals surface area contributed by atoms with Gasteiger partial charge in [-0.15, -0.1) is 0 Å². The Balaban J connectivity index is 2.46. The van der Waals surface area contributed by atoms with E-state index in [-0.39, 0.29) is 12.5 Å². The maximum Gasteiger partial charge on any atom is 0.308 e. The number of ether oxygens (including phenoxy) is 1. The zero-order valence-corrected chi connectivity index (χ0v) is 13.5. The first-order valence-corrected chi connectivity index (χ1v) is 7.38. The van der Waals surface area contributed by atoms with Crippen LogP contribution in [0.3, 0.4) is 0 Å². The van der Waals surface area contributed by atoms with Crippen molar-refractivity contribution in [1.29, 1.82) is 0 Å². The maximum absolute atomic E-state index is 11.9. The Morgan fingerprint density at radius 3 is 2.30 bits per heavy atom. The van der Waals surface area contributed by atoms with Gasteiger partial charge in [0.25, 0.3) is 5.91 Å². The quantitative estimate of drug-likeness (QED) is 0.663. The van der Waals surface area contributed by atoms with Crippen LogP contribution < -0.4 is 15.4 Å². The predicted molar refractivity (Wildman–Crippen MR) is 84.3 cm³/mol. The van der Waals surface area contributed by atoms with Crippen LogP contribution in [0.4, 0.5) is 0 Å². The van der Waals surface area contributed by atoms with Gasteiger partial charge in [0.1, 0.15) is 5.75 Å². The van der Waals surface area contributed by atoms with Crippen LogP contribution in [-0.2, 0) is 9.59 Å². The highest BCUT2D eigenvalue weighted by molar-refractivity contribution is 5.96. The summed E-state index contributed by atoms with van der Waals surface area (Å²) < 4.78 is 5.28. The van der Waals surface area contributed by atoms with Gasteiger partial charge < -0.3 is 20.5 Å². The number of carboxylic acids is 1. The normalized spacial score (nSPS) is 12.8. The molecule has 1 rings (SSSR count). The minimum Gasteiger partial charge on any atom is -0.494 e. The van der Waals surface area contributed by atoms with E-state index in [2.05, 4.69) is 10.6 Å². The summed E-state index contributed by atoms with van der Waals surface area (Å²) in [5, 5.41) is 13.9. The summed E-state index contributed by atoms with van der Waals surface area (Å²) in [7, 11) is 0. The van der Waals surface area contributed by atoms with Crippen molar-refractivity contribution in [3.05, 3.63) is 29.8 Å². The molecule has 0 bridgehead atoms. The van der Waals surface area contributed by atoms with E-state index in [0.717, 1.165) is 0 Å². The lowest BCUT2D eigenvalue weighted by molar-refractivity contribution is -0.142. The van der Waals surface area contributed by atoms with Crippen LogP contribution in [-0.4, -0.2) is 42.1 Å². The predicted octanol–water partition coefficient (Wildman–Crippen LogP) is 1.04. The molecule has 0 aliphatic rings. The van der Waals surface area contributed by atoms with E-state index < -0.39 is 23.8 Å². The zero-order chi connectivity index (χ0) is 17.4. The molecule has 126 valence electrons. The Bertz CT molecular complexity index is 556. The zero-order valence-electron chi connectivity index (χ0n) is 13.5. The van der Waals surface area contributed by atoms with Crippen LogP contribution in [0.25, 0.3) is 0 Å². The fourth-order valence-electron chi connectivity index (χ4n) is 1.78. The molecule has 0 saturated carbocycles. The third kappa shape index (κ3) is 5.98. The highest BCUT2D eigenvalue weighted by atomic mass is 16.5. The summed E-state index contributed by atoms with van der Waals surface area (Å²) in [4.78, 5) is 34.5. The van der Waals surface area contributed by atoms with Crippen LogP contribution >= 0.6 is 0 Å². The van der Waals surface area contributed by atoms with E-state index in [9.17, 15) is 14.4 Å². The summed E-state index contributed by atoms with van der Waals surface area (Å²) in [6.07, 6.45) is 0. The second-order valence-corrected chi connectivity index (χ2v) is 5.12. The average Bonchev–Trinajstić information content (AvgIpc) is 2.52. The van der Waals surface area contributed by atoms with Crippen LogP contribution in [0.15, 0.2) is 24.3 Å². The van der Waals surface area contributed by atoms with Crippen LogP contribution in [0, 0.1) is 5.92 Å². The number of benzene rings is 1. The van der Waals surface area contributed by atoms with Crippen molar-refractivity contribution >= 4 is 17.8 Å². The van der Waals surface area contributed by atoms with Crippen LogP contribution in [0.1, 0.15) is 31.1 Å². The highest BCUT2D eigenvalue weighted by Crippen LogP contribution is 2.11. The largest absolute Gasteiger partial charge is 0.494 e. The molecule has 0 aromatic heterocycles. The monoisotopic (exact) mass is 322 g/mol. The summed E-state index contributed by atoms with van der Waals surface area (Å²) in [5.41, 5.74) is 0.410. The number of carbonyl (C=O) groups is 3. The number of aliphatic carboxylic acids is 1. The molecule has 0 aliphatic heterocycles. The molecule has 0 saturated heterocycles. The van der Waals surface area contributed by atoms with Crippen LogP contribution in [0.5, 0.6) is 5.75 Å². The molecule has 1 aromatic carbocycles. The first kappa shape index (κ1) is 18.5. The van der Waals surface area contributed by atoms with Crippen molar-refractivity contribution < 1.29 is 24.2 Å². The van der Waals surface area contributed by atoms with Crippen molar-refractivity contribution in [2.75, 3.05) is 13.2 Å². The second-order valence-electron chi connectivity index (χ2n) is 5.12. The molecule has 2 unspecified atom stereocenters. The molecule has 7 heteroatoms. The number of carbonyl (C=O) groups excluding carboxylic acids is 2.